The summed E-state index contributed by atoms with van der Waals surface area (Å²) in [5.74, 6) is 0.175. The van der Waals surface area contributed by atoms with Gasteiger partial charge in [0.05, 0.1) is 19.6 Å². The smallest absolute Gasteiger partial charge is 0.227 e. The van der Waals surface area contributed by atoms with Crippen molar-refractivity contribution in [2.24, 2.45) is 5.73 Å². The number of morpholine rings is 1. The van der Waals surface area contributed by atoms with E-state index in [1.54, 1.807) is 0 Å². The molecule has 1 fully saturated rings. The van der Waals surface area contributed by atoms with Crippen molar-refractivity contribution in [2.45, 2.75) is 12.8 Å². The number of carbonyl (C=O) groups is 1. The molecule has 0 saturated carbocycles. The molecule has 0 aliphatic carbocycles. The normalized spacial score (nSPS) is 15.6. The third-order valence-corrected chi connectivity index (χ3v) is 3.96. The zero-order chi connectivity index (χ0) is 14.7. The Morgan fingerprint density at radius 3 is 2.90 bits per heavy atom. The molecular weight excluding hydrogens is 266 g/mol. The van der Waals surface area contributed by atoms with Gasteiger partial charge in [-0.1, -0.05) is 6.07 Å². The van der Waals surface area contributed by atoms with E-state index >= 15 is 0 Å². The number of amides is 1. The lowest BCUT2D eigenvalue weighted by Gasteiger charge is -2.26. The van der Waals surface area contributed by atoms with Gasteiger partial charge in [0, 0.05) is 30.2 Å². The molecule has 0 radical (unpaired) electrons. The standard InChI is InChI=1S/C16H21N3O2/c17-4-3-13-11-18-15-2-1-12(9-14(13)15)10-16(20)19-5-7-21-8-6-19/h1-2,9,11,18H,3-8,10,17H2. The van der Waals surface area contributed by atoms with E-state index in [0.717, 1.165) is 17.5 Å². The van der Waals surface area contributed by atoms with Crippen molar-refractivity contribution in [3.05, 3.63) is 35.5 Å². The molecule has 0 bridgehead atoms. The van der Waals surface area contributed by atoms with E-state index < -0.39 is 0 Å². The maximum Gasteiger partial charge on any atom is 0.227 e. The summed E-state index contributed by atoms with van der Waals surface area (Å²) >= 11 is 0. The van der Waals surface area contributed by atoms with Crippen LogP contribution in [0.15, 0.2) is 24.4 Å². The molecule has 1 aliphatic rings. The van der Waals surface area contributed by atoms with Gasteiger partial charge in [-0.15, -0.1) is 0 Å². The molecule has 5 nitrogen and oxygen atoms in total. The Labute approximate surface area is 124 Å². The summed E-state index contributed by atoms with van der Waals surface area (Å²) in [4.78, 5) is 17.4. The quantitative estimate of drug-likeness (QED) is 0.883. The molecule has 3 N–H and O–H groups in total. The van der Waals surface area contributed by atoms with Crippen molar-refractivity contribution >= 4 is 16.8 Å². The maximum atomic E-state index is 12.3. The molecule has 0 atom stereocenters. The van der Waals surface area contributed by atoms with Gasteiger partial charge < -0.3 is 20.4 Å². The highest BCUT2D eigenvalue weighted by Gasteiger charge is 2.17. The summed E-state index contributed by atoms with van der Waals surface area (Å²) in [5.41, 5.74) is 9.01. The van der Waals surface area contributed by atoms with Crippen molar-refractivity contribution in [3.63, 3.8) is 0 Å². The van der Waals surface area contributed by atoms with Crippen LogP contribution in [0.1, 0.15) is 11.1 Å². The lowest BCUT2D eigenvalue weighted by atomic mass is 10.0. The van der Waals surface area contributed by atoms with Gasteiger partial charge in [0.25, 0.3) is 0 Å². The van der Waals surface area contributed by atoms with Crippen LogP contribution in [-0.4, -0.2) is 48.6 Å². The topological polar surface area (TPSA) is 71.4 Å². The zero-order valence-corrected chi connectivity index (χ0v) is 12.1. The number of hydrogen-bond acceptors (Lipinski definition) is 3. The number of carbonyl (C=O) groups excluding carboxylic acids is 1. The molecule has 0 unspecified atom stereocenters. The molecule has 1 aliphatic heterocycles. The predicted octanol–water partition coefficient (Wildman–Crippen LogP) is 1.07. The van der Waals surface area contributed by atoms with Gasteiger partial charge in [-0.3, -0.25) is 4.79 Å². The van der Waals surface area contributed by atoms with Gasteiger partial charge in [-0.25, -0.2) is 0 Å². The molecule has 112 valence electrons. The van der Waals surface area contributed by atoms with Crippen LogP contribution in [0.2, 0.25) is 0 Å². The Morgan fingerprint density at radius 1 is 1.33 bits per heavy atom. The fourth-order valence-corrected chi connectivity index (χ4v) is 2.80. The average Bonchev–Trinajstić information content (AvgIpc) is 2.91. The van der Waals surface area contributed by atoms with Gasteiger partial charge in [0.1, 0.15) is 0 Å². The average molecular weight is 287 g/mol. The Hall–Kier alpha value is -1.85. The fourth-order valence-electron chi connectivity index (χ4n) is 2.80. The first kappa shape index (κ1) is 14.1. The van der Waals surface area contributed by atoms with Crippen molar-refractivity contribution in [2.75, 3.05) is 32.8 Å². The molecule has 2 aromatic rings. The summed E-state index contributed by atoms with van der Waals surface area (Å²) in [7, 11) is 0. The number of rotatable bonds is 4. The van der Waals surface area contributed by atoms with Gasteiger partial charge in [0.2, 0.25) is 5.91 Å². The molecule has 1 aromatic carbocycles. The summed E-state index contributed by atoms with van der Waals surface area (Å²) in [6, 6.07) is 6.16. The van der Waals surface area contributed by atoms with Crippen LogP contribution in [0.3, 0.4) is 0 Å². The van der Waals surface area contributed by atoms with E-state index in [1.165, 1.54) is 10.9 Å². The molecule has 21 heavy (non-hydrogen) atoms. The minimum atomic E-state index is 0.175. The number of nitrogens with one attached hydrogen (secondary N) is 1. The Kier molecular flexibility index (Phi) is 4.22. The Morgan fingerprint density at radius 2 is 2.14 bits per heavy atom. The largest absolute Gasteiger partial charge is 0.378 e. The first-order valence-electron chi connectivity index (χ1n) is 7.42. The second-order valence-electron chi connectivity index (χ2n) is 5.40. The minimum absolute atomic E-state index is 0.175. The monoisotopic (exact) mass is 287 g/mol. The highest BCUT2D eigenvalue weighted by Crippen LogP contribution is 2.21. The Bertz CT molecular complexity index is 629. The molecule has 0 spiro atoms. The third-order valence-electron chi connectivity index (χ3n) is 3.96. The van der Waals surface area contributed by atoms with Crippen molar-refractivity contribution in [1.82, 2.24) is 9.88 Å². The molecule has 5 heteroatoms. The summed E-state index contributed by atoms with van der Waals surface area (Å²) in [5, 5.41) is 1.17. The second-order valence-corrected chi connectivity index (χ2v) is 5.40. The highest BCUT2D eigenvalue weighted by molar-refractivity contribution is 5.86. The number of fused-ring (bicyclic) bond motifs is 1. The molecule has 2 heterocycles. The van der Waals surface area contributed by atoms with Gasteiger partial charge in [-0.05, 0) is 36.2 Å². The van der Waals surface area contributed by atoms with E-state index in [-0.39, 0.29) is 5.91 Å². The summed E-state index contributed by atoms with van der Waals surface area (Å²) in [6.45, 7) is 3.31. The number of hydrogen-bond donors (Lipinski definition) is 2. The number of aromatic amines is 1. The van der Waals surface area contributed by atoms with Crippen LogP contribution in [-0.2, 0) is 22.4 Å². The summed E-state index contributed by atoms with van der Waals surface area (Å²) in [6.07, 6.45) is 3.30. The van der Waals surface area contributed by atoms with E-state index in [4.69, 9.17) is 10.5 Å². The number of nitrogens with zero attached hydrogens (tertiary/aromatic N) is 1. The molecule has 1 amide bonds. The molecule has 1 saturated heterocycles. The first-order valence-corrected chi connectivity index (χ1v) is 7.42. The number of benzene rings is 1. The lowest BCUT2D eigenvalue weighted by molar-refractivity contribution is -0.134. The Balaban J connectivity index is 1.76. The van der Waals surface area contributed by atoms with Crippen LogP contribution >= 0.6 is 0 Å². The van der Waals surface area contributed by atoms with E-state index in [9.17, 15) is 4.79 Å². The maximum absolute atomic E-state index is 12.3. The van der Waals surface area contributed by atoms with E-state index in [1.807, 2.05) is 23.2 Å². The number of ether oxygens (including phenoxy) is 1. The van der Waals surface area contributed by atoms with Crippen LogP contribution < -0.4 is 5.73 Å². The van der Waals surface area contributed by atoms with Gasteiger partial charge in [-0.2, -0.15) is 0 Å². The van der Waals surface area contributed by atoms with Crippen LogP contribution in [0, 0.1) is 0 Å². The van der Waals surface area contributed by atoms with Crippen LogP contribution in [0.5, 0.6) is 0 Å². The molecule has 3 rings (SSSR count). The third kappa shape index (κ3) is 3.09. The first-order chi connectivity index (χ1) is 10.3. The number of H-pyrrole nitrogens is 1. The minimum Gasteiger partial charge on any atom is -0.378 e. The van der Waals surface area contributed by atoms with Crippen molar-refractivity contribution in [3.8, 4) is 0 Å². The highest BCUT2D eigenvalue weighted by atomic mass is 16.5. The van der Waals surface area contributed by atoms with Crippen molar-refractivity contribution < 1.29 is 9.53 Å². The van der Waals surface area contributed by atoms with Gasteiger partial charge >= 0.3 is 0 Å². The number of aromatic nitrogens is 1. The SMILES string of the molecule is NCCc1c[nH]c2ccc(CC(=O)N3CCOCC3)cc12. The van der Waals surface area contributed by atoms with E-state index in [2.05, 4.69) is 11.1 Å². The fraction of sp³-hybridized carbons (Fsp3) is 0.438. The van der Waals surface area contributed by atoms with Crippen molar-refractivity contribution in [1.29, 1.82) is 0 Å². The van der Waals surface area contributed by atoms with Crippen LogP contribution in [0.25, 0.3) is 10.9 Å². The van der Waals surface area contributed by atoms with Gasteiger partial charge in [0.15, 0.2) is 0 Å². The summed E-state index contributed by atoms with van der Waals surface area (Å²) < 4.78 is 5.28. The van der Waals surface area contributed by atoms with E-state index in [0.29, 0.717) is 39.3 Å². The zero-order valence-electron chi connectivity index (χ0n) is 12.1. The molecule has 1 aromatic heterocycles. The molecular formula is C16H21N3O2. The second kappa shape index (κ2) is 6.28. The number of nitrogens with two attached hydrogens (primary N) is 1. The lowest BCUT2D eigenvalue weighted by Crippen LogP contribution is -2.41. The van der Waals surface area contributed by atoms with Crippen LogP contribution in [0.4, 0.5) is 0 Å². The predicted molar refractivity (Wildman–Crippen MR) is 82.2 cm³/mol.